The van der Waals surface area contributed by atoms with Gasteiger partial charge in [-0.05, 0) is 37.6 Å². The van der Waals surface area contributed by atoms with Crippen molar-refractivity contribution in [3.63, 3.8) is 0 Å². The van der Waals surface area contributed by atoms with Gasteiger partial charge in [-0.2, -0.15) is 5.10 Å². The molecule has 0 bridgehead atoms. The first-order valence-corrected chi connectivity index (χ1v) is 11.2. The first kappa shape index (κ1) is 21.3. The van der Waals surface area contributed by atoms with Crippen molar-refractivity contribution in [2.24, 2.45) is 5.10 Å². The molecule has 2 aliphatic rings. The molecule has 1 saturated heterocycles. The minimum absolute atomic E-state index is 0.0139. The van der Waals surface area contributed by atoms with Gasteiger partial charge in [-0.1, -0.05) is 11.6 Å². The highest BCUT2D eigenvalue weighted by molar-refractivity contribution is 7.91. The molecule has 0 saturated carbocycles. The van der Waals surface area contributed by atoms with Crippen molar-refractivity contribution in [2.75, 3.05) is 16.8 Å². The molecule has 0 radical (unpaired) electrons. The molecular formula is C18H20ClN3O6S. The molecule has 0 aromatic heterocycles. The van der Waals surface area contributed by atoms with Crippen LogP contribution in [-0.4, -0.2) is 60.6 Å². The van der Waals surface area contributed by atoms with E-state index in [0.29, 0.717) is 10.7 Å². The van der Waals surface area contributed by atoms with Gasteiger partial charge in [-0.15, -0.1) is 0 Å². The zero-order valence-electron chi connectivity index (χ0n) is 15.6. The Kier molecular flexibility index (Phi) is 6.23. The van der Waals surface area contributed by atoms with Crippen LogP contribution in [0.15, 0.2) is 29.4 Å². The zero-order chi connectivity index (χ0) is 21.2. The zero-order valence-corrected chi connectivity index (χ0v) is 17.2. The molecule has 11 heteroatoms. The average molecular weight is 442 g/mol. The van der Waals surface area contributed by atoms with Crippen LogP contribution in [0.1, 0.15) is 26.2 Å². The topological polar surface area (TPSA) is 122 Å². The number of esters is 1. The number of anilines is 1. The van der Waals surface area contributed by atoms with E-state index in [4.69, 9.17) is 16.3 Å². The number of hydrazone groups is 1. The molecule has 1 N–H and O–H groups in total. The summed E-state index contributed by atoms with van der Waals surface area (Å²) in [5.41, 5.74) is 0.483. The van der Waals surface area contributed by atoms with Gasteiger partial charge in [0.05, 0.1) is 17.5 Å². The first-order chi connectivity index (χ1) is 13.6. The van der Waals surface area contributed by atoms with Gasteiger partial charge < -0.3 is 10.1 Å². The molecule has 156 valence electrons. The quantitative estimate of drug-likeness (QED) is 0.688. The summed E-state index contributed by atoms with van der Waals surface area (Å²) in [5.74, 6) is -1.88. The molecule has 1 aromatic carbocycles. The fourth-order valence-corrected chi connectivity index (χ4v) is 4.85. The lowest BCUT2D eigenvalue weighted by molar-refractivity contribution is -0.147. The summed E-state index contributed by atoms with van der Waals surface area (Å²) in [6.45, 7) is 1.42. The van der Waals surface area contributed by atoms with Gasteiger partial charge >= 0.3 is 5.97 Å². The number of amides is 2. The number of nitrogens with one attached hydrogen (secondary N) is 1. The lowest BCUT2D eigenvalue weighted by atomic mass is 10.1. The van der Waals surface area contributed by atoms with Crippen molar-refractivity contribution in [3.05, 3.63) is 29.3 Å². The minimum Gasteiger partial charge on any atom is -0.448 e. The van der Waals surface area contributed by atoms with Crippen molar-refractivity contribution in [1.82, 2.24) is 5.01 Å². The van der Waals surface area contributed by atoms with Crippen LogP contribution in [0.5, 0.6) is 0 Å². The maximum atomic E-state index is 12.4. The molecule has 1 aromatic rings. The van der Waals surface area contributed by atoms with Crippen LogP contribution < -0.4 is 5.32 Å². The van der Waals surface area contributed by atoms with Crippen LogP contribution in [0.3, 0.4) is 0 Å². The summed E-state index contributed by atoms with van der Waals surface area (Å²) in [4.78, 5) is 36.7. The van der Waals surface area contributed by atoms with Crippen molar-refractivity contribution in [2.45, 2.75) is 38.3 Å². The van der Waals surface area contributed by atoms with Crippen LogP contribution in [0, 0.1) is 0 Å². The number of carbonyl (C=O) groups is 3. The molecular weight excluding hydrogens is 422 g/mol. The molecule has 29 heavy (non-hydrogen) atoms. The fraction of sp³-hybridized carbons (Fsp3) is 0.444. The Morgan fingerprint density at radius 3 is 2.59 bits per heavy atom. The maximum absolute atomic E-state index is 12.4. The minimum atomic E-state index is -3.21. The van der Waals surface area contributed by atoms with E-state index < -0.39 is 33.9 Å². The number of benzene rings is 1. The number of sulfone groups is 1. The van der Waals surface area contributed by atoms with Gasteiger partial charge in [0.2, 0.25) is 5.91 Å². The Bertz CT molecular complexity index is 960. The number of halogens is 1. The van der Waals surface area contributed by atoms with Crippen LogP contribution >= 0.6 is 11.6 Å². The Morgan fingerprint density at radius 2 is 1.97 bits per heavy atom. The summed E-state index contributed by atoms with van der Waals surface area (Å²) in [6, 6.07) is 5.86. The summed E-state index contributed by atoms with van der Waals surface area (Å²) >= 11 is 5.79. The Morgan fingerprint density at radius 1 is 1.28 bits per heavy atom. The average Bonchev–Trinajstić information content (AvgIpc) is 3.03. The van der Waals surface area contributed by atoms with E-state index in [2.05, 4.69) is 10.4 Å². The van der Waals surface area contributed by atoms with E-state index in [9.17, 15) is 22.8 Å². The molecule has 0 spiro atoms. The largest absolute Gasteiger partial charge is 0.448 e. The summed E-state index contributed by atoms with van der Waals surface area (Å²) < 4.78 is 28.5. The van der Waals surface area contributed by atoms with E-state index in [1.54, 1.807) is 24.3 Å². The van der Waals surface area contributed by atoms with Gasteiger partial charge in [0.1, 0.15) is 5.71 Å². The Labute approximate surface area is 173 Å². The van der Waals surface area contributed by atoms with Gasteiger partial charge in [0.15, 0.2) is 15.9 Å². The Balaban J connectivity index is 1.62. The molecule has 2 heterocycles. The monoisotopic (exact) mass is 441 g/mol. The van der Waals surface area contributed by atoms with Crippen LogP contribution in [0.2, 0.25) is 5.02 Å². The maximum Gasteiger partial charge on any atom is 0.355 e. The van der Waals surface area contributed by atoms with Gasteiger partial charge in [0, 0.05) is 23.6 Å². The number of nitrogens with zero attached hydrogens (tertiary/aromatic N) is 2. The number of carbonyl (C=O) groups excluding carboxylic acids is 3. The van der Waals surface area contributed by atoms with E-state index in [1.807, 2.05) is 0 Å². The van der Waals surface area contributed by atoms with E-state index >= 15 is 0 Å². The second-order valence-corrected chi connectivity index (χ2v) is 9.55. The van der Waals surface area contributed by atoms with Crippen LogP contribution in [-0.2, 0) is 29.0 Å². The molecule has 0 aliphatic carbocycles. The highest BCUT2D eigenvalue weighted by atomic mass is 35.5. The predicted octanol–water partition coefficient (Wildman–Crippen LogP) is 1.38. The third kappa shape index (κ3) is 5.33. The van der Waals surface area contributed by atoms with Gasteiger partial charge in [-0.3, -0.25) is 9.59 Å². The molecule has 1 fully saturated rings. The lowest BCUT2D eigenvalue weighted by Crippen LogP contribution is -2.42. The summed E-state index contributed by atoms with van der Waals surface area (Å²) in [5, 5.41) is 8.23. The number of ether oxygens (including phenoxy) is 1. The molecule has 2 atom stereocenters. The summed E-state index contributed by atoms with van der Waals surface area (Å²) in [7, 11) is -3.21. The number of hydrogen-bond acceptors (Lipinski definition) is 7. The normalized spacial score (nSPS) is 22.0. The van der Waals surface area contributed by atoms with Crippen LogP contribution in [0.4, 0.5) is 5.69 Å². The highest BCUT2D eigenvalue weighted by Crippen LogP contribution is 2.22. The number of rotatable bonds is 5. The SMILES string of the molecule is CC(OC(=O)C1=NN(C2CCS(=O)(=O)C2)C(=O)CC1)C(=O)Nc1ccc(Cl)cc1. The van der Waals surface area contributed by atoms with Gasteiger partial charge in [-0.25, -0.2) is 18.2 Å². The first-order valence-electron chi connectivity index (χ1n) is 9.02. The standard InChI is InChI=1S/C18H20ClN3O6S/c1-11(17(24)20-13-4-2-12(19)3-5-13)28-18(25)15-6-7-16(23)22(21-15)14-8-9-29(26,27)10-14/h2-5,11,14H,6-10H2,1H3,(H,20,24). The van der Waals surface area contributed by atoms with E-state index in [0.717, 1.165) is 5.01 Å². The predicted molar refractivity (Wildman–Crippen MR) is 106 cm³/mol. The second-order valence-electron chi connectivity index (χ2n) is 6.89. The van der Waals surface area contributed by atoms with Crippen molar-refractivity contribution < 1.29 is 27.5 Å². The van der Waals surface area contributed by atoms with E-state index in [-0.39, 0.29) is 42.4 Å². The van der Waals surface area contributed by atoms with Crippen molar-refractivity contribution >= 4 is 50.6 Å². The van der Waals surface area contributed by atoms with Crippen molar-refractivity contribution in [3.8, 4) is 0 Å². The molecule has 9 nitrogen and oxygen atoms in total. The van der Waals surface area contributed by atoms with Crippen molar-refractivity contribution in [1.29, 1.82) is 0 Å². The lowest BCUT2D eigenvalue weighted by Gasteiger charge is -2.27. The molecule has 2 aliphatic heterocycles. The molecule has 2 unspecified atom stereocenters. The smallest absolute Gasteiger partial charge is 0.355 e. The summed E-state index contributed by atoms with van der Waals surface area (Å²) in [6.07, 6.45) is -0.728. The third-order valence-corrected chi connectivity index (χ3v) is 6.62. The van der Waals surface area contributed by atoms with Crippen LogP contribution in [0.25, 0.3) is 0 Å². The van der Waals surface area contributed by atoms with Gasteiger partial charge in [0.25, 0.3) is 5.91 Å². The fourth-order valence-electron chi connectivity index (χ4n) is 3.03. The van der Waals surface area contributed by atoms with E-state index in [1.165, 1.54) is 6.92 Å². The Hall–Kier alpha value is -2.46. The third-order valence-electron chi connectivity index (χ3n) is 4.61. The molecule has 2 amide bonds. The number of hydrogen-bond donors (Lipinski definition) is 1. The molecule has 3 rings (SSSR count). The second kappa shape index (κ2) is 8.50. The highest BCUT2D eigenvalue weighted by Gasteiger charge is 2.37.